The Balaban J connectivity index is -0.000000311. The van der Waals surface area contributed by atoms with Crippen LogP contribution < -0.4 is 56.9 Å². The summed E-state index contributed by atoms with van der Waals surface area (Å²) in [7, 11) is 0. The minimum Gasteiger partial charge on any atom is -0.508 e. The van der Waals surface area contributed by atoms with Crippen LogP contribution in [0.4, 0.5) is 0 Å². The van der Waals surface area contributed by atoms with Gasteiger partial charge in [-0.1, -0.05) is 42.5 Å². The van der Waals surface area contributed by atoms with E-state index in [9.17, 15) is 57.5 Å². The molecular weight excluding hydrogens is 1250 g/mol. The van der Waals surface area contributed by atoms with E-state index in [1.807, 2.05) is 30.5 Å². The largest absolute Gasteiger partial charge is 0.508 e. The second-order valence-corrected chi connectivity index (χ2v) is 18.4. The number of carbonyl (C=O) groups is 12. The van der Waals surface area contributed by atoms with E-state index in [1.165, 1.54) is 24.3 Å². The predicted molar refractivity (Wildman–Crippen MR) is 327 cm³/mol. The van der Waals surface area contributed by atoms with Crippen LogP contribution >= 0.6 is 12.6 Å². The number of aromatic nitrogens is 1. The second kappa shape index (κ2) is 53.2. The Morgan fingerprint density at radius 1 is 0.478 bits per heavy atom. The van der Waals surface area contributed by atoms with Gasteiger partial charge in [0.15, 0.2) is 0 Å². The number of thiol groups is 1. The summed E-state index contributed by atoms with van der Waals surface area (Å²) in [5, 5.41) is 127. The molecule has 4 aromatic rings. The van der Waals surface area contributed by atoms with Crippen LogP contribution in [0, 0.1) is 0 Å². The maximum Gasteiger partial charge on any atom is 0.322 e. The minimum absolute atomic E-state index is 0.0231. The molecule has 1 aliphatic rings. The number of aliphatic hydroxyl groups excluding tert-OH is 1. The molecule has 0 radical (unpaired) electrons. The van der Waals surface area contributed by atoms with E-state index >= 15 is 0 Å². The number of aliphatic carboxylic acids is 12. The molecule has 0 unspecified atom stereocenters. The number of carboxylic acid groups (broad SMARTS) is 12. The topological polar surface area (TPSA) is 770 Å². The van der Waals surface area contributed by atoms with Crippen molar-refractivity contribution in [2.75, 3.05) is 32.0 Å². The van der Waals surface area contributed by atoms with E-state index in [1.54, 1.807) is 24.3 Å². The molecule has 1 aliphatic heterocycles. The Labute approximate surface area is 528 Å². The Bertz CT molecular complexity index is 2750. The number of carboxylic acids is 12. The second-order valence-electron chi connectivity index (χ2n) is 18.0. The summed E-state index contributed by atoms with van der Waals surface area (Å²) >= 11 is 3.65. The summed E-state index contributed by atoms with van der Waals surface area (Å²) in [5.41, 5.74) is 48.4. The van der Waals surface area contributed by atoms with Gasteiger partial charge in [-0.3, -0.25) is 57.5 Å². The van der Waals surface area contributed by atoms with E-state index in [2.05, 4.69) is 34.4 Å². The number of fused-ring (bicyclic) bond motifs is 1. The highest BCUT2D eigenvalue weighted by Gasteiger charge is 2.21. The highest BCUT2D eigenvalue weighted by molar-refractivity contribution is 7.80. The fraction of sp³-hybridized carbons (Fsp3) is 0.396. The predicted octanol–water partition coefficient (Wildman–Crippen LogP) is -4.45. The standard InChI is InChI=1S/C11H12N2O2.2C9H11NO3.C5H9NO4.C5H9NO2.C4H7NO4.C3H7NO3.C3H7NO2S.2C2H5NO2/c12-9(11(14)15)5-7-6-13-10-4-2-1-3-8(7)10;2*10-8(9(12)13)5-6-1-3-7(11)4-2-6;6-3(5(9)10)1-2-4(7)8;7-5(8)4-2-1-3-6-4;5-2(4(8)9)1-3(6)7;4-2(1-5)3(6)7;4-2(1-7)3(5)6;2*3-1-2(4)5/h1-4,6,9,13H,5,12H2,(H,14,15);2*1-4,8,11H,5,10H2,(H,12,13);3H,1-2,6H2,(H,7,8)(H,9,10);4,6H,1-3H2,(H,7,8);2H,1,5H2,(H,6,7)(H,8,9);2,5H,1,4H2,(H,6,7);2,7H,1,4H2,(H,5,6);2*1,3H2,(H,4,5)/t9-;2*8-;3-;4-;3*2-;;/m00000000../s1. The fourth-order valence-corrected chi connectivity index (χ4v) is 5.46. The van der Waals surface area contributed by atoms with Gasteiger partial charge in [0.25, 0.3) is 0 Å². The third kappa shape index (κ3) is 52.3. The van der Waals surface area contributed by atoms with Gasteiger partial charge in [-0.05, 0) is 85.7 Å². The third-order valence-corrected chi connectivity index (χ3v) is 10.7. The normalized spacial score (nSPS) is 13.5. The average molecular weight is 1340 g/mol. The molecule has 0 bridgehead atoms. The minimum atomic E-state index is -1.29. The van der Waals surface area contributed by atoms with Crippen LogP contribution in [-0.4, -0.2) is 234 Å². The van der Waals surface area contributed by atoms with E-state index < -0.39 is 127 Å². The Kier molecular flexibility index (Phi) is 52.7. The van der Waals surface area contributed by atoms with Crippen molar-refractivity contribution in [1.29, 1.82) is 0 Å². The van der Waals surface area contributed by atoms with Gasteiger partial charge in [0.05, 0.1) is 26.1 Å². The van der Waals surface area contributed by atoms with Crippen LogP contribution in [0.1, 0.15) is 48.8 Å². The van der Waals surface area contributed by atoms with Crippen LogP contribution in [-0.2, 0) is 76.8 Å². The van der Waals surface area contributed by atoms with Crippen LogP contribution in [0.3, 0.4) is 0 Å². The summed E-state index contributed by atoms with van der Waals surface area (Å²) in [6.07, 6.45) is 3.73. The van der Waals surface area contributed by atoms with Crippen LogP contribution in [0.5, 0.6) is 11.5 Å². The lowest BCUT2D eigenvalue weighted by atomic mass is 10.1. The van der Waals surface area contributed by atoms with Crippen LogP contribution in [0.15, 0.2) is 79.0 Å². The molecule has 518 valence electrons. The lowest BCUT2D eigenvalue weighted by Crippen LogP contribution is -2.33. The van der Waals surface area contributed by atoms with Crippen molar-refractivity contribution in [3.8, 4) is 11.5 Å². The van der Waals surface area contributed by atoms with Gasteiger partial charge in [-0.15, -0.1) is 0 Å². The summed E-state index contributed by atoms with van der Waals surface area (Å²) in [5.74, 6) is -12.0. The van der Waals surface area contributed by atoms with Crippen molar-refractivity contribution in [1.82, 2.24) is 10.3 Å². The van der Waals surface area contributed by atoms with Crippen molar-refractivity contribution in [3.63, 3.8) is 0 Å². The molecule has 0 saturated carbocycles. The van der Waals surface area contributed by atoms with Crippen molar-refractivity contribution < 1.29 is 134 Å². The molecule has 5 rings (SSSR count). The molecule has 1 saturated heterocycles. The number of aromatic amines is 1. The monoisotopic (exact) mass is 1340 g/mol. The van der Waals surface area contributed by atoms with Crippen LogP contribution in [0.2, 0.25) is 0 Å². The lowest BCUT2D eigenvalue weighted by Gasteiger charge is -2.05. The molecule has 3 aromatic carbocycles. The Morgan fingerprint density at radius 2 is 0.848 bits per heavy atom. The molecule has 1 aromatic heterocycles. The molecular formula is C53H83N11O27S. The van der Waals surface area contributed by atoms with Gasteiger partial charge in [-0.25, -0.2) is 0 Å². The summed E-state index contributed by atoms with van der Waals surface area (Å²) in [4.78, 5) is 122. The molecule has 1 fully saturated rings. The number of benzene rings is 3. The first-order valence-electron chi connectivity index (χ1n) is 26.1. The van der Waals surface area contributed by atoms with E-state index in [0.717, 1.165) is 47.0 Å². The number of phenols is 2. The maximum absolute atomic E-state index is 10.6. The number of para-hydroxylation sites is 1. The third-order valence-electron chi connectivity index (χ3n) is 10.3. The molecule has 92 heavy (non-hydrogen) atoms. The van der Waals surface area contributed by atoms with Gasteiger partial charge < -0.3 is 139 Å². The number of aliphatic hydroxyl groups is 1. The van der Waals surface area contributed by atoms with E-state index in [4.69, 9.17) is 117 Å². The fourth-order valence-electron chi connectivity index (χ4n) is 5.30. The lowest BCUT2D eigenvalue weighted by molar-refractivity contribution is -0.144. The van der Waals surface area contributed by atoms with E-state index in [0.29, 0.717) is 6.42 Å². The van der Waals surface area contributed by atoms with Crippen molar-refractivity contribution in [3.05, 3.63) is 95.7 Å². The smallest absolute Gasteiger partial charge is 0.322 e. The Hall–Kier alpha value is -9.65. The molecule has 39 heteroatoms. The number of H-pyrrole nitrogens is 1. The van der Waals surface area contributed by atoms with Crippen molar-refractivity contribution in [2.24, 2.45) is 51.6 Å². The molecule has 8 atom stereocenters. The van der Waals surface area contributed by atoms with Gasteiger partial charge in [0.1, 0.15) is 59.8 Å². The summed E-state index contributed by atoms with van der Waals surface area (Å²) < 4.78 is 0. The van der Waals surface area contributed by atoms with E-state index in [-0.39, 0.29) is 62.1 Å². The molecule has 0 aliphatic carbocycles. The molecule has 2 heterocycles. The Morgan fingerprint density at radius 3 is 1.10 bits per heavy atom. The maximum atomic E-state index is 10.6. The van der Waals surface area contributed by atoms with Crippen molar-refractivity contribution >= 4 is 95.2 Å². The van der Waals surface area contributed by atoms with Gasteiger partial charge in [-0.2, -0.15) is 12.6 Å². The number of rotatable bonds is 23. The molecule has 38 nitrogen and oxygen atoms in total. The molecule has 0 spiro atoms. The first-order chi connectivity index (χ1) is 42.6. The highest BCUT2D eigenvalue weighted by Crippen LogP contribution is 2.19. The van der Waals surface area contributed by atoms with Gasteiger partial charge in [0.2, 0.25) is 0 Å². The number of nitrogens with one attached hydrogen (secondary N) is 2. The first kappa shape index (κ1) is 91.1. The number of hydrogen-bond acceptors (Lipinski definition) is 26. The average Bonchev–Trinajstić information content (AvgIpc) is 3.51. The quantitative estimate of drug-likeness (QED) is 0.0312. The van der Waals surface area contributed by atoms with Crippen molar-refractivity contribution in [2.45, 2.75) is 99.7 Å². The first-order valence-corrected chi connectivity index (χ1v) is 26.7. The number of aromatic hydroxyl groups is 2. The molecule has 35 N–H and O–H groups in total. The number of hydrogen-bond donors (Lipinski definition) is 27. The molecule has 0 amide bonds. The highest BCUT2D eigenvalue weighted by atomic mass is 32.1. The SMILES string of the molecule is NCC(=O)O.NCC(=O)O.N[C@@H](CC(=O)O)C(=O)O.N[C@@H](CCC(=O)O)C(=O)O.N[C@@H](CO)C(=O)O.N[C@@H](CS)C(=O)O.N[C@@H](Cc1c[nH]c2ccccc12)C(=O)O.N[C@@H](Cc1ccc(O)cc1)C(=O)O.N[C@@H](Cc1ccc(O)cc1)C(=O)O.O=C(O)[C@@H]1CCCN1. The number of phenolic OH excluding ortho intramolecular Hbond substituents is 2. The summed E-state index contributed by atoms with van der Waals surface area (Å²) in [6.45, 7) is -0.202. The zero-order valence-electron chi connectivity index (χ0n) is 49.1. The zero-order valence-corrected chi connectivity index (χ0v) is 50.0. The zero-order chi connectivity index (χ0) is 72.4. The number of nitrogens with two attached hydrogens (primary N) is 9. The van der Waals surface area contributed by atoms with Gasteiger partial charge in [0, 0.05) is 35.7 Å². The van der Waals surface area contributed by atoms with Gasteiger partial charge >= 0.3 is 71.6 Å². The van der Waals surface area contributed by atoms with Crippen LogP contribution in [0.25, 0.3) is 10.9 Å². The summed E-state index contributed by atoms with van der Waals surface area (Å²) in [6, 6.07) is 13.2.